The molecular weight excluding hydrogens is 360 g/mol. The van der Waals surface area contributed by atoms with E-state index < -0.39 is 0 Å². The largest absolute Gasteiger partial charge is 0.867 e. The van der Waals surface area contributed by atoms with Crippen LogP contribution in [-0.4, -0.2) is 4.99 Å². The maximum absolute atomic E-state index is 13.1. The van der Waals surface area contributed by atoms with Gasteiger partial charge in [-0.3, -0.25) is 0 Å². The number of anilines is 1. The molecule has 0 saturated carbocycles. The van der Waals surface area contributed by atoms with Gasteiger partial charge in [-0.1, -0.05) is 36.5 Å². The summed E-state index contributed by atoms with van der Waals surface area (Å²) in [4.78, 5) is 1.08. The van der Waals surface area contributed by atoms with Gasteiger partial charge in [0.25, 0.3) is 0 Å². The van der Waals surface area contributed by atoms with Gasteiger partial charge in [0, 0.05) is 22.2 Å². The zero-order valence-corrected chi connectivity index (χ0v) is 16.6. The van der Waals surface area contributed by atoms with E-state index in [1.807, 2.05) is 81.0 Å². The average molecular weight is 381 g/mol. The van der Waals surface area contributed by atoms with E-state index in [0.717, 1.165) is 22.4 Å². The molecule has 132 valence electrons. The molecule has 26 heavy (non-hydrogen) atoms. The molecule has 1 aromatic carbocycles. The molecule has 2 aromatic heterocycles. The quantitative estimate of drug-likeness (QED) is 0.321. The van der Waals surface area contributed by atoms with Crippen LogP contribution in [0.2, 0.25) is 0 Å². The van der Waals surface area contributed by atoms with Crippen molar-refractivity contribution in [1.29, 1.82) is 0 Å². The average Bonchev–Trinajstić information content (AvgIpc) is 3.13. The Morgan fingerprint density at radius 1 is 1.04 bits per heavy atom. The van der Waals surface area contributed by atoms with Crippen LogP contribution in [0.4, 0.5) is 5.69 Å². The first-order valence-electron chi connectivity index (χ1n) is 8.28. The summed E-state index contributed by atoms with van der Waals surface area (Å²) in [7, 11) is 0. The summed E-state index contributed by atoms with van der Waals surface area (Å²) < 4.78 is 1.81. The highest BCUT2D eigenvalue weighted by Gasteiger charge is 2.20. The number of aromatic nitrogens is 1. The Kier molecular flexibility index (Phi) is 5.49. The number of thiophene rings is 1. The van der Waals surface area contributed by atoms with Crippen LogP contribution in [0.1, 0.15) is 21.6 Å². The summed E-state index contributed by atoms with van der Waals surface area (Å²) in [5, 5.41) is 18.3. The molecule has 2 heterocycles. The maximum Gasteiger partial charge on any atom is 0.239 e. The van der Waals surface area contributed by atoms with Crippen molar-refractivity contribution in [2.24, 2.45) is 0 Å². The number of nitrogens with zero attached hydrogens (tertiary/aromatic N) is 1. The highest BCUT2D eigenvalue weighted by molar-refractivity contribution is 7.81. The molecule has 0 atom stereocenters. The molecule has 0 amide bonds. The van der Waals surface area contributed by atoms with E-state index in [2.05, 4.69) is 5.32 Å². The Balaban J connectivity index is 2.09. The van der Waals surface area contributed by atoms with E-state index in [4.69, 9.17) is 12.2 Å². The van der Waals surface area contributed by atoms with Gasteiger partial charge in [0.15, 0.2) is 17.4 Å². The van der Waals surface area contributed by atoms with E-state index in [0.29, 0.717) is 15.6 Å². The third-order valence-corrected chi connectivity index (χ3v) is 5.27. The highest BCUT2D eigenvalue weighted by Crippen LogP contribution is 2.24. The van der Waals surface area contributed by atoms with Gasteiger partial charge in [-0.15, -0.1) is 11.3 Å². The molecule has 0 fully saturated rings. The topological polar surface area (TPSA) is 39.0 Å². The predicted octanol–water partition coefficient (Wildman–Crippen LogP) is 4.09. The second-order valence-electron chi connectivity index (χ2n) is 6.16. The molecule has 0 aliphatic rings. The van der Waals surface area contributed by atoms with E-state index >= 15 is 0 Å². The summed E-state index contributed by atoms with van der Waals surface area (Å²) in [6.07, 6.45) is 3.77. The van der Waals surface area contributed by atoms with Gasteiger partial charge in [0.05, 0.1) is 0 Å². The third-order valence-electron chi connectivity index (χ3n) is 4.10. The van der Waals surface area contributed by atoms with Crippen molar-refractivity contribution >= 4 is 45.7 Å². The fourth-order valence-electron chi connectivity index (χ4n) is 2.78. The van der Waals surface area contributed by atoms with Crippen LogP contribution in [0, 0.1) is 20.8 Å². The summed E-state index contributed by atoms with van der Waals surface area (Å²) in [6.45, 7) is 6.04. The number of hydrogen-bond donors (Lipinski definition) is 1. The van der Waals surface area contributed by atoms with E-state index in [9.17, 15) is 5.11 Å². The second kappa shape index (κ2) is 7.81. The van der Waals surface area contributed by atoms with Crippen molar-refractivity contribution in [2.75, 3.05) is 5.32 Å². The van der Waals surface area contributed by atoms with Crippen molar-refractivity contribution in [2.45, 2.75) is 20.8 Å². The molecule has 3 nitrogen and oxygen atoms in total. The van der Waals surface area contributed by atoms with Crippen molar-refractivity contribution < 1.29 is 9.67 Å². The van der Waals surface area contributed by atoms with E-state index in [-0.39, 0.29) is 5.76 Å². The van der Waals surface area contributed by atoms with Crippen LogP contribution in [0.15, 0.2) is 60.2 Å². The third kappa shape index (κ3) is 3.84. The number of rotatable bonds is 4. The van der Waals surface area contributed by atoms with Crippen LogP contribution in [0.3, 0.4) is 0 Å². The highest BCUT2D eigenvalue weighted by atomic mass is 32.1. The van der Waals surface area contributed by atoms with Gasteiger partial charge in [0.1, 0.15) is 0 Å². The Labute approximate surface area is 163 Å². The Bertz CT molecular complexity index is 955. The number of hydrogen-bond acceptors (Lipinski definition) is 3. The molecule has 0 bridgehead atoms. The number of pyridine rings is 1. The fourth-order valence-corrected chi connectivity index (χ4v) is 3.74. The van der Waals surface area contributed by atoms with Gasteiger partial charge < -0.3 is 10.4 Å². The van der Waals surface area contributed by atoms with Gasteiger partial charge in [0.2, 0.25) is 5.70 Å². The molecule has 3 aromatic rings. The number of nitrogens with one attached hydrogen (secondary N) is 1. The Morgan fingerprint density at radius 2 is 1.77 bits per heavy atom. The summed E-state index contributed by atoms with van der Waals surface area (Å²) in [5.74, 6) is -0.0839. The van der Waals surface area contributed by atoms with Crippen LogP contribution < -0.4 is 15.0 Å². The Hall–Kier alpha value is -2.50. The van der Waals surface area contributed by atoms with E-state index in [1.54, 1.807) is 4.57 Å². The number of aryl methyl sites for hydroxylation is 3. The SMILES string of the molecule is Cc1ccc[n+](C(C(=S)Nc2c(C)cccc2C)=C([O-])c2cccs2)c1. The minimum atomic E-state index is -0.0839. The number of thiocarbonyl (C=S) groups is 1. The monoisotopic (exact) mass is 380 g/mol. The van der Waals surface area contributed by atoms with Crippen LogP contribution in [0.5, 0.6) is 0 Å². The molecule has 0 spiro atoms. The zero-order chi connectivity index (χ0) is 18.7. The van der Waals surface area contributed by atoms with E-state index in [1.165, 1.54) is 11.3 Å². The molecule has 1 N–H and O–H groups in total. The molecule has 0 radical (unpaired) electrons. The fraction of sp³-hybridized carbons (Fsp3) is 0.143. The summed E-state index contributed by atoms with van der Waals surface area (Å²) in [5.41, 5.74) is 4.63. The van der Waals surface area contributed by atoms with Crippen molar-refractivity contribution in [3.8, 4) is 0 Å². The molecule has 0 saturated heterocycles. The first-order chi connectivity index (χ1) is 12.5. The molecule has 0 aliphatic carbocycles. The van der Waals surface area contributed by atoms with Gasteiger partial charge in [-0.05, 0) is 55.2 Å². The van der Waals surface area contributed by atoms with Crippen LogP contribution >= 0.6 is 23.6 Å². The molecule has 0 aliphatic heterocycles. The minimum Gasteiger partial charge on any atom is -0.867 e. The van der Waals surface area contributed by atoms with Crippen LogP contribution in [-0.2, 0) is 0 Å². The lowest BCUT2D eigenvalue weighted by atomic mass is 10.1. The summed E-state index contributed by atoms with van der Waals surface area (Å²) >= 11 is 7.08. The smallest absolute Gasteiger partial charge is 0.239 e. The lowest BCUT2D eigenvalue weighted by Gasteiger charge is -2.17. The number of benzene rings is 1. The second-order valence-corrected chi connectivity index (χ2v) is 7.52. The molecule has 5 heteroatoms. The van der Waals surface area contributed by atoms with Gasteiger partial charge in [-0.2, -0.15) is 4.57 Å². The molecular formula is C21H20N2OS2. The number of para-hydroxylation sites is 1. The van der Waals surface area contributed by atoms with Crippen molar-refractivity contribution in [1.82, 2.24) is 0 Å². The maximum atomic E-state index is 13.1. The predicted molar refractivity (Wildman–Crippen MR) is 111 cm³/mol. The molecule has 0 unspecified atom stereocenters. The van der Waals surface area contributed by atoms with Gasteiger partial charge in [-0.25, -0.2) is 0 Å². The zero-order valence-electron chi connectivity index (χ0n) is 14.9. The first-order valence-corrected chi connectivity index (χ1v) is 9.57. The summed E-state index contributed by atoms with van der Waals surface area (Å²) in [6, 6.07) is 13.7. The van der Waals surface area contributed by atoms with Gasteiger partial charge >= 0.3 is 0 Å². The normalized spacial score (nSPS) is 11.8. The lowest BCUT2D eigenvalue weighted by molar-refractivity contribution is -0.578. The first kappa shape index (κ1) is 18.3. The Morgan fingerprint density at radius 3 is 2.38 bits per heavy atom. The van der Waals surface area contributed by atoms with Crippen molar-refractivity contribution in [3.63, 3.8) is 0 Å². The standard InChI is InChI=1S/C21H20N2OS2/c1-14-7-5-11-23(13-14)19(20(24)17-10-6-12-26-17)21(25)22-18-15(2)8-4-9-16(18)3/h4-13H,1-3H3,(H-,22,24,25). The molecule has 3 rings (SSSR count). The van der Waals surface area contributed by atoms with Crippen molar-refractivity contribution in [3.05, 3.63) is 81.8 Å². The van der Waals surface area contributed by atoms with Crippen LogP contribution in [0.25, 0.3) is 11.5 Å². The minimum absolute atomic E-state index is 0.0839. The lowest BCUT2D eigenvalue weighted by Crippen LogP contribution is -2.40.